The zero-order chi connectivity index (χ0) is 5.56. The normalized spacial score (nSPS) is 52.9. The van der Waals surface area contributed by atoms with Crippen molar-refractivity contribution in [3.63, 3.8) is 0 Å². The number of rotatable bonds is 0. The molecule has 1 saturated heterocycles. The molecule has 0 aromatic carbocycles. The topological polar surface area (TPSA) is 32.3 Å². The van der Waals surface area contributed by atoms with E-state index in [0.29, 0.717) is 12.0 Å². The lowest BCUT2D eigenvalue weighted by atomic mass is 9.78. The predicted octanol–water partition coefficient (Wildman–Crippen LogP) is -0.271. The van der Waals surface area contributed by atoms with Gasteiger partial charge in [0.2, 0.25) is 0 Å². The number of aliphatic hydroxyl groups is 1. The van der Waals surface area contributed by atoms with Gasteiger partial charge in [0.1, 0.15) is 0 Å². The summed E-state index contributed by atoms with van der Waals surface area (Å²) in [6.07, 6.45) is 2.20. The van der Waals surface area contributed by atoms with Gasteiger partial charge in [0, 0.05) is 12.0 Å². The molecule has 3 atom stereocenters. The molecular formula is C6H11NO. The third kappa shape index (κ3) is 0.446. The molecule has 1 saturated carbocycles. The fraction of sp³-hybridized carbons (Fsp3) is 1.00. The van der Waals surface area contributed by atoms with Crippen LogP contribution in [0.3, 0.4) is 0 Å². The summed E-state index contributed by atoms with van der Waals surface area (Å²) in [5, 5.41) is 12.4. The summed E-state index contributed by atoms with van der Waals surface area (Å²) in [6.45, 7) is 1.12. The van der Waals surface area contributed by atoms with Crippen molar-refractivity contribution in [3.8, 4) is 0 Å². The Bertz CT molecular complexity index is 105. The van der Waals surface area contributed by atoms with Crippen LogP contribution in [0.5, 0.6) is 0 Å². The number of nitrogens with one attached hydrogen (secondary N) is 1. The predicted molar refractivity (Wildman–Crippen MR) is 30.5 cm³/mol. The third-order valence-electron chi connectivity index (χ3n) is 2.39. The lowest BCUT2D eigenvalue weighted by molar-refractivity contribution is 0.0130. The average molecular weight is 113 g/mol. The molecule has 0 amide bonds. The minimum Gasteiger partial charge on any atom is -0.393 e. The molecule has 0 aromatic rings. The molecule has 1 aliphatic heterocycles. The van der Waals surface area contributed by atoms with Gasteiger partial charge in [-0.15, -0.1) is 0 Å². The largest absolute Gasteiger partial charge is 0.393 e. The van der Waals surface area contributed by atoms with Crippen LogP contribution in [0.4, 0.5) is 0 Å². The Hall–Kier alpha value is -0.0800. The zero-order valence-electron chi connectivity index (χ0n) is 4.80. The van der Waals surface area contributed by atoms with Gasteiger partial charge in [-0.3, -0.25) is 0 Å². The van der Waals surface area contributed by atoms with Crippen molar-refractivity contribution in [3.05, 3.63) is 0 Å². The Balaban J connectivity index is 2.02. The van der Waals surface area contributed by atoms with Gasteiger partial charge in [-0.2, -0.15) is 0 Å². The number of hydrogen-bond donors (Lipinski definition) is 2. The fourth-order valence-electron chi connectivity index (χ4n) is 1.75. The van der Waals surface area contributed by atoms with Gasteiger partial charge in [-0.05, 0) is 19.4 Å². The number of aliphatic hydroxyl groups excluding tert-OH is 1. The molecular weight excluding hydrogens is 102 g/mol. The monoisotopic (exact) mass is 113 g/mol. The van der Waals surface area contributed by atoms with E-state index in [1.165, 1.54) is 6.42 Å². The maximum Gasteiger partial charge on any atom is 0.0598 e. The van der Waals surface area contributed by atoms with Crippen molar-refractivity contribution in [1.29, 1.82) is 0 Å². The van der Waals surface area contributed by atoms with Gasteiger partial charge in [-0.1, -0.05) is 0 Å². The molecule has 2 heteroatoms. The van der Waals surface area contributed by atoms with Gasteiger partial charge >= 0.3 is 0 Å². The van der Waals surface area contributed by atoms with Crippen LogP contribution >= 0.6 is 0 Å². The molecule has 2 N–H and O–H groups in total. The summed E-state index contributed by atoms with van der Waals surface area (Å²) in [7, 11) is 0. The van der Waals surface area contributed by atoms with E-state index in [9.17, 15) is 0 Å². The molecule has 0 bridgehead atoms. The van der Waals surface area contributed by atoms with Crippen LogP contribution in [0.15, 0.2) is 0 Å². The molecule has 1 aliphatic carbocycles. The first-order valence-electron chi connectivity index (χ1n) is 3.29. The molecule has 2 nitrogen and oxygen atoms in total. The van der Waals surface area contributed by atoms with Crippen molar-refractivity contribution in [1.82, 2.24) is 5.32 Å². The van der Waals surface area contributed by atoms with Crippen molar-refractivity contribution >= 4 is 0 Å². The van der Waals surface area contributed by atoms with E-state index in [-0.39, 0.29) is 6.10 Å². The van der Waals surface area contributed by atoms with Crippen molar-refractivity contribution in [2.24, 2.45) is 5.92 Å². The first-order valence-corrected chi connectivity index (χ1v) is 3.29. The standard InChI is InChI=1S/C6H11NO/c8-6-3-5-4(6)1-2-7-5/h4-8H,1-3H2/t4-,5-,6+/m0/s1. The maximum atomic E-state index is 9.08. The van der Waals surface area contributed by atoms with Gasteiger partial charge in [0.15, 0.2) is 0 Å². The molecule has 8 heavy (non-hydrogen) atoms. The number of hydrogen-bond acceptors (Lipinski definition) is 2. The SMILES string of the molecule is O[C@@H]1C[C@@H]2NCC[C@H]12. The summed E-state index contributed by atoms with van der Waals surface area (Å²) in [5.41, 5.74) is 0. The molecule has 2 rings (SSSR count). The van der Waals surface area contributed by atoms with Crippen LogP contribution in [0.25, 0.3) is 0 Å². The van der Waals surface area contributed by atoms with Crippen LogP contribution in [-0.2, 0) is 0 Å². The van der Waals surface area contributed by atoms with Crippen molar-refractivity contribution < 1.29 is 5.11 Å². The molecule has 2 aliphatic rings. The Morgan fingerprint density at radius 1 is 1.50 bits per heavy atom. The molecule has 1 heterocycles. The summed E-state index contributed by atoms with van der Waals surface area (Å²) in [5.74, 6) is 0.606. The first-order chi connectivity index (χ1) is 3.88. The van der Waals surface area contributed by atoms with E-state index < -0.39 is 0 Å². The molecule has 2 fully saturated rings. The smallest absolute Gasteiger partial charge is 0.0598 e. The third-order valence-corrected chi connectivity index (χ3v) is 2.39. The maximum absolute atomic E-state index is 9.08. The molecule has 46 valence electrons. The van der Waals surface area contributed by atoms with Gasteiger partial charge in [0.25, 0.3) is 0 Å². The molecule has 0 unspecified atom stereocenters. The second-order valence-corrected chi connectivity index (χ2v) is 2.82. The molecule has 0 radical (unpaired) electrons. The van der Waals surface area contributed by atoms with Crippen LogP contribution < -0.4 is 5.32 Å². The quantitative estimate of drug-likeness (QED) is 0.453. The van der Waals surface area contributed by atoms with Gasteiger partial charge < -0.3 is 10.4 Å². The summed E-state index contributed by atoms with van der Waals surface area (Å²) in [4.78, 5) is 0. The zero-order valence-corrected chi connectivity index (χ0v) is 4.80. The Morgan fingerprint density at radius 2 is 2.38 bits per heavy atom. The van der Waals surface area contributed by atoms with E-state index in [1.807, 2.05) is 0 Å². The Labute approximate surface area is 48.9 Å². The summed E-state index contributed by atoms with van der Waals surface area (Å²) in [6, 6.07) is 0.671. The Kier molecular flexibility index (Phi) is 0.866. The van der Waals surface area contributed by atoms with Gasteiger partial charge in [0.05, 0.1) is 6.10 Å². The van der Waals surface area contributed by atoms with E-state index >= 15 is 0 Å². The summed E-state index contributed by atoms with van der Waals surface area (Å²) < 4.78 is 0. The summed E-state index contributed by atoms with van der Waals surface area (Å²) >= 11 is 0. The highest BCUT2D eigenvalue weighted by molar-refractivity contribution is 4.98. The van der Waals surface area contributed by atoms with Crippen LogP contribution in [0.1, 0.15) is 12.8 Å². The second kappa shape index (κ2) is 1.45. The fourth-order valence-corrected chi connectivity index (χ4v) is 1.75. The van der Waals surface area contributed by atoms with Gasteiger partial charge in [-0.25, -0.2) is 0 Å². The van der Waals surface area contributed by atoms with E-state index in [1.54, 1.807) is 0 Å². The molecule has 0 aromatic heterocycles. The van der Waals surface area contributed by atoms with Crippen LogP contribution in [-0.4, -0.2) is 23.8 Å². The average Bonchev–Trinajstić information content (AvgIpc) is 2.09. The minimum absolute atomic E-state index is 0.0231. The van der Waals surface area contributed by atoms with E-state index in [2.05, 4.69) is 5.32 Å². The first kappa shape index (κ1) is 4.77. The lowest BCUT2D eigenvalue weighted by Crippen LogP contribution is -2.47. The highest BCUT2D eigenvalue weighted by Crippen LogP contribution is 2.34. The minimum atomic E-state index is 0.0231. The lowest BCUT2D eigenvalue weighted by Gasteiger charge is -2.35. The van der Waals surface area contributed by atoms with E-state index in [0.717, 1.165) is 13.0 Å². The molecule has 0 spiro atoms. The van der Waals surface area contributed by atoms with E-state index in [4.69, 9.17) is 5.11 Å². The number of fused-ring (bicyclic) bond motifs is 1. The van der Waals surface area contributed by atoms with Crippen molar-refractivity contribution in [2.45, 2.75) is 25.0 Å². The highest BCUT2D eigenvalue weighted by Gasteiger charge is 2.42. The highest BCUT2D eigenvalue weighted by atomic mass is 16.3. The van der Waals surface area contributed by atoms with Crippen molar-refractivity contribution in [2.75, 3.05) is 6.54 Å². The van der Waals surface area contributed by atoms with Crippen LogP contribution in [0.2, 0.25) is 0 Å². The Morgan fingerprint density at radius 3 is 2.88 bits per heavy atom. The second-order valence-electron chi connectivity index (χ2n) is 2.82. The van der Waals surface area contributed by atoms with Crippen LogP contribution in [0, 0.1) is 5.92 Å².